The van der Waals surface area contributed by atoms with E-state index in [-0.39, 0.29) is 11.9 Å². The van der Waals surface area contributed by atoms with E-state index in [2.05, 4.69) is 27.2 Å². The van der Waals surface area contributed by atoms with Crippen LogP contribution in [0.5, 0.6) is 5.75 Å². The molecule has 1 amide bonds. The largest absolute Gasteiger partial charge is 0.497 e. The molecule has 28 heavy (non-hydrogen) atoms. The molecule has 0 bridgehead atoms. The Morgan fingerprint density at radius 2 is 1.82 bits per heavy atom. The monoisotopic (exact) mass is 421 g/mol. The molecule has 0 radical (unpaired) electrons. The van der Waals surface area contributed by atoms with Crippen LogP contribution in [-0.2, 0) is 4.79 Å². The molecule has 1 saturated heterocycles. The molecule has 0 aromatic heterocycles. The zero-order chi connectivity index (χ0) is 20.1. The van der Waals surface area contributed by atoms with Crippen LogP contribution in [0.2, 0.25) is 10.0 Å². The second-order valence-corrected chi connectivity index (χ2v) is 7.71. The van der Waals surface area contributed by atoms with Gasteiger partial charge in [0.1, 0.15) is 5.75 Å². The number of methoxy groups -OCH3 is 1. The van der Waals surface area contributed by atoms with Crippen LogP contribution in [-0.4, -0.2) is 50.1 Å². The highest BCUT2D eigenvalue weighted by Crippen LogP contribution is 2.26. The Balaban J connectivity index is 1.60. The number of carbonyl (C=O) groups excluding carboxylic acids is 1. The summed E-state index contributed by atoms with van der Waals surface area (Å²) >= 11 is 12.2. The quantitative estimate of drug-likeness (QED) is 0.769. The molecule has 1 N–H and O–H groups in total. The normalized spacial score (nSPS) is 16.4. The van der Waals surface area contributed by atoms with Gasteiger partial charge in [-0.25, -0.2) is 0 Å². The van der Waals surface area contributed by atoms with Gasteiger partial charge in [0, 0.05) is 36.9 Å². The van der Waals surface area contributed by atoms with E-state index in [9.17, 15) is 4.79 Å². The molecule has 1 unspecified atom stereocenters. The third kappa shape index (κ3) is 5.10. The fourth-order valence-corrected chi connectivity index (χ4v) is 3.71. The van der Waals surface area contributed by atoms with Crippen molar-refractivity contribution in [2.75, 3.05) is 43.5 Å². The number of anilines is 2. The topological polar surface area (TPSA) is 44.8 Å². The predicted molar refractivity (Wildman–Crippen MR) is 116 cm³/mol. The number of hydrogen-bond acceptors (Lipinski definition) is 4. The second-order valence-electron chi connectivity index (χ2n) is 6.86. The number of hydrogen-bond donors (Lipinski definition) is 1. The number of nitrogens with zero attached hydrogens (tertiary/aromatic N) is 2. The van der Waals surface area contributed by atoms with Crippen LogP contribution in [0.25, 0.3) is 0 Å². The fourth-order valence-electron chi connectivity index (χ4n) is 3.37. The van der Waals surface area contributed by atoms with Crippen molar-refractivity contribution < 1.29 is 9.53 Å². The summed E-state index contributed by atoms with van der Waals surface area (Å²) in [7, 11) is 1.67. The van der Waals surface area contributed by atoms with E-state index in [0.717, 1.165) is 38.3 Å². The lowest BCUT2D eigenvalue weighted by molar-refractivity contribution is -0.120. The molecule has 1 aliphatic rings. The summed E-state index contributed by atoms with van der Waals surface area (Å²) in [5, 5.41) is 3.92. The number of carbonyl (C=O) groups is 1. The Bertz CT molecular complexity index is 814. The molecule has 0 spiro atoms. The van der Waals surface area contributed by atoms with E-state index in [1.165, 1.54) is 5.69 Å². The molecule has 5 nitrogen and oxygen atoms in total. The molecular formula is C21H25Cl2N3O2. The number of rotatable bonds is 5. The fraction of sp³-hybridized carbons (Fsp3) is 0.381. The summed E-state index contributed by atoms with van der Waals surface area (Å²) < 4.78 is 5.23. The lowest BCUT2D eigenvalue weighted by Crippen LogP contribution is -2.44. The van der Waals surface area contributed by atoms with Crippen LogP contribution in [0, 0.1) is 0 Å². The Morgan fingerprint density at radius 1 is 1.07 bits per heavy atom. The lowest BCUT2D eigenvalue weighted by atomic mass is 10.2. The number of nitrogens with one attached hydrogen (secondary N) is 1. The van der Waals surface area contributed by atoms with Gasteiger partial charge in [0.05, 0.1) is 23.9 Å². The molecule has 1 aliphatic heterocycles. The first-order chi connectivity index (χ1) is 13.5. The standard InChI is InChI=1S/C21H25Cl2N3O2/c1-15(21(27)24-20-14-16(22)4-9-19(20)23)25-10-3-11-26(13-12-25)17-5-7-18(28-2)8-6-17/h4-9,14-15H,3,10-13H2,1-2H3,(H,24,27). The van der Waals surface area contributed by atoms with Gasteiger partial charge in [0.25, 0.3) is 0 Å². The molecule has 7 heteroatoms. The molecule has 1 fully saturated rings. The van der Waals surface area contributed by atoms with Crippen molar-refractivity contribution in [3.05, 3.63) is 52.5 Å². The number of halogens is 2. The van der Waals surface area contributed by atoms with Gasteiger partial charge in [0.15, 0.2) is 0 Å². The summed E-state index contributed by atoms with van der Waals surface area (Å²) in [5.74, 6) is 0.771. The van der Waals surface area contributed by atoms with Crippen molar-refractivity contribution in [3.63, 3.8) is 0 Å². The van der Waals surface area contributed by atoms with Crippen molar-refractivity contribution in [1.29, 1.82) is 0 Å². The zero-order valence-corrected chi connectivity index (χ0v) is 17.6. The summed E-state index contributed by atoms with van der Waals surface area (Å²) in [5.41, 5.74) is 1.71. The maximum absolute atomic E-state index is 12.7. The van der Waals surface area contributed by atoms with Crippen molar-refractivity contribution in [2.24, 2.45) is 0 Å². The lowest BCUT2D eigenvalue weighted by Gasteiger charge is -2.27. The average Bonchev–Trinajstić information content (AvgIpc) is 2.96. The second kappa shape index (κ2) is 9.50. The van der Waals surface area contributed by atoms with Gasteiger partial charge in [0.2, 0.25) is 5.91 Å². The first-order valence-corrected chi connectivity index (χ1v) is 10.1. The predicted octanol–water partition coefficient (Wildman–Crippen LogP) is 4.54. The van der Waals surface area contributed by atoms with Crippen molar-refractivity contribution in [3.8, 4) is 5.75 Å². The average molecular weight is 422 g/mol. The van der Waals surface area contributed by atoms with Gasteiger partial charge in [-0.2, -0.15) is 0 Å². The Kier molecular flexibility index (Phi) is 7.05. The smallest absolute Gasteiger partial charge is 0.241 e. The molecular weight excluding hydrogens is 397 g/mol. The van der Waals surface area contributed by atoms with Crippen molar-refractivity contribution in [1.82, 2.24) is 4.90 Å². The van der Waals surface area contributed by atoms with Crippen LogP contribution in [0.15, 0.2) is 42.5 Å². The zero-order valence-electron chi connectivity index (χ0n) is 16.1. The maximum atomic E-state index is 12.7. The molecule has 2 aromatic rings. The van der Waals surface area contributed by atoms with Crippen LogP contribution >= 0.6 is 23.2 Å². The first-order valence-electron chi connectivity index (χ1n) is 9.37. The Labute approximate surface area is 176 Å². The highest BCUT2D eigenvalue weighted by Gasteiger charge is 2.24. The van der Waals surface area contributed by atoms with Crippen LogP contribution in [0.4, 0.5) is 11.4 Å². The third-order valence-corrected chi connectivity index (χ3v) is 5.65. The number of amides is 1. The molecule has 2 aromatic carbocycles. The van der Waals surface area contributed by atoms with E-state index < -0.39 is 0 Å². The highest BCUT2D eigenvalue weighted by molar-refractivity contribution is 6.35. The molecule has 1 heterocycles. The third-order valence-electron chi connectivity index (χ3n) is 5.08. The van der Waals surface area contributed by atoms with Gasteiger partial charge in [-0.15, -0.1) is 0 Å². The van der Waals surface area contributed by atoms with Crippen LogP contribution in [0.3, 0.4) is 0 Å². The molecule has 1 atom stereocenters. The molecule has 0 saturated carbocycles. The van der Waals surface area contributed by atoms with Gasteiger partial charge in [-0.1, -0.05) is 23.2 Å². The molecule has 3 rings (SSSR count). The first kappa shape index (κ1) is 20.8. The van der Waals surface area contributed by atoms with Crippen molar-refractivity contribution in [2.45, 2.75) is 19.4 Å². The van der Waals surface area contributed by atoms with Crippen LogP contribution in [0.1, 0.15) is 13.3 Å². The van der Waals surface area contributed by atoms with E-state index in [1.807, 2.05) is 19.1 Å². The Morgan fingerprint density at radius 3 is 2.54 bits per heavy atom. The molecule has 0 aliphatic carbocycles. The number of benzene rings is 2. The van der Waals surface area contributed by atoms with E-state index >= 15 is 0 Å². The maximum Gasteiger partial charge on any atom is 0.241 e. The summed E-state index contributed by atoms with van der Waals surface area (Å²) in [6, 6.07) is 12.9. The van der Waals surface area contributed by atoms with Gasteiger partial charge < -0.3 is 15.0 Å². The highest BCUT2D eigenvalue weighted by atomic mass is 35.5. The number of ether oxygens (including phenoxy) is 1. The molecule has 150 valence electrons. The SMILES string of the molecule is COc1ccc(N2CCCN(C(C)C(=O)Nc3cc(Cl)ccc3Cl)CC2)cc1. The Hall–Kier alpha value is -1.95. The summed E-state index contributed by atoms with van der Waals surface area (Å²) in [6.45, 7) is 5.42. The van der Waals surface area contributed by atoms with Gasteiger partial charge >= 0.3 is 0 Å². The van der Waals surface area contributed by atoms with E-state index in [0.29, 0.717) is 15.7 Å². The van der Waals surface area contributed by atoms with Gasteiger partial charge in [-0.3, -0.25) is 9.69 Å². The van der Waals surface area contributed by atoms with Gasteiger partial charge in [-0.05, 0) is 55.8 Å². The van der Waals surface area contributed by atoms with Crippen LogP contribution < -0.4 is 15.0 Å². The minimum atomic E-state index is -0.258. The van der Waals surface area contributed by atoms with E-state index in [4.69, 9.17) is 27.9 Å². The van der Waals surface area contributed by atoms with E-state index in [1.54, 1.807) is 25.3 Å². The minimum absolute atomic E-state index is 0.0814. The summed E-state index contributed by atoms with van der Waals surface area (Å²) in [4.78, 5) is 17.3. The summed E-state index contributed by atoms with van der Waals surface area (Å²) in [6.07, 6.45) is 0.988. The van der Waals surface area contributed by atoms with Crippen molar-refractivity contribution >= 4 is 40.5 Å². The minimum Gasteiger partial charge on any atom is -0.497 e.